The Labute approximate surface area is 182 Å². The van der Waals surface area contributed by atoms with Crippen molar-refractivity contribution in [3.63, 3.8) is 0 Å². The fourth-order valence-electron chi connectivity index (χ4n) is 4.34. The van der Waals surface area contributed by atoms with Crippen LogP contribution in [-0.2, 0) is 17.6 Å². The lowest BCUT2D eigenvalue weighted by atomic mass is 10.0. The molecule has 0 atom stereocenters. The van der Waals surface area contributed by atoms with Crippen LogP contribution >= 0.6 is 0 Å². The number of rotatable bonds is 4. The maximum Gasteiger partial charge on any atom is 0.228 e. The van der Waals surface area contributed by atoms with E-state index in [-0.39, 0.29) is 5.91 Å². The third kappa shape index (κ3) is 3.84. The topological polar surface area (TPSA) is 54.9 Å². The molecule has 0 saturated carbocycles. The molecule has 1 N–H and O–H groups in total. The number of carbonyl (C=O) groups excluding carboxylic acids is 1. The van der Waals surface area contributed by atoms with E-state index in [1.165, 1.54) is 22.3 Å². The molecule has 31 heavy (non-hydrogen) atoms. The Balaban J connectivity index is 1.29. The van der Waals surface area contributed by atoms with E-state index in [4.69, 9.17) is 0 Å². The van der Waals surface area contributed by atoms with Crippen LogP contribution in [0.25, 0.3) is 22.4 Å². The Bertz CT molecular complexity index is 1310. The predicted molar refractivity (Wildman–Crippen MR) is 124 cm³/mol. The standard InChI is InChI=1S/C27H23N3O/c1-17-11-19(16-29-27(17)21-9-10-28-18(2)12-21)13-26(31)30-23-7-8-25-22(15-23)14-20-5-3-4-6-24(20)25/h3-12,15-16H,13-14H2,1-2H3,(H,30,31). The third-order valence-corrected chi connectivity index (χ3v) is 5.75. The highest BCUT2D eigenvalue weighted by molar-refractivity contribution is 5.93. The molecule has 0 fully saturated rings. The van der Waals surface area contributed by atoms with Gasteiger partial charge in [0.15, 0.2) is 0 Å². The zero-order valence-corrected chi connectivity index (χ0v) is 17.6. The van der Waals surface area contributed by atoms with Crippen LogP contribution in [0.3, 0.4) is 0 Å². The molecule has 0 saturated heterocycles. The molecule has 0 spiro atoms. The minimum atomic E-state index is -0.0378. The average Bonchev–Trinajstić information content (AvgIpc) is 3.11. The minimum absolute atomic E-state index is 0.0378. The van der Waals surface area contributed by atoms with Crippen molar-refractivity contribution in [3.8, 4) is 22.4 Å². The van der Waals surface area contributed by atoms with Crippen LogP contribution in [-0.4, -0.2) is 15.9 Å². The maximum atomic E-state index is 12.7. The highest BCUT2D eigenvalue weighted by Gasteiger charge is 2.18. The second-order valence-electron chi connectivity index (χ2n) is 8.13. The highest BCUT2D eigenvalue weighted by atomic mass is 16.1. The Morgan fingerprint density at radius 3 is 2.61 bits per heavy atom. The summed E-state index contributed by atoms with van der Waals surface area (Å²) >= 11 is 0. The van der Waals surface area contributed by atoms with E-state index in [0.29, 0.717) is 6.42 Å². The third-order valence-electron chi connectivity index (χ3n) is 5.75. The molecular weight excluding hydrogens is 382 g/mol. The summed E-state index contributed by atoms with van der Waals surface area (Å²) in [6.45, 7) is 3.99. The minimum Gasteiger partial charge on any atom is -0.326 e. The van der Waals surface area contributed by atoms with Crippen LogP contribution < -0.4 is 5.32 Å². The number of carbonyl (C=O) groups is 1. The smallest absolute Gasteiger partial charge is 0.228 e. The molecule has 1 amide bonds. The Kier molecular flexibility index (Phi) is 4.83. The first-order valence-corrected chi connectivity index (χ1v) is 10.5. The number of aryl methyl sites for hydroxylation is 2. The lowest BCUT2D eigenvalue weighted by Gasteiger charge is -2.10. The quantitative estimate of drug-likeness (QED) is 0.429. The number of pyridine rings is 2. The zero-order chi connectivity index (χ0) is 21.4. The van der Waals surface area contributed by atoms with Crippen molar-refractivity contribution in [2.75, 3.05) is 5.32 Å². The van der Waals surface area contributed by atoms with Gasteiger partial charge in [-0.1, -0.05) is 36.4 Å². The van der Waals surface area contributed by atoms with Gasteiger partial charge in [-0.2, -0.15) is 0 Å². The van der Waals surface area contributed by atoms with Gasteiger partial charge in [-0.3, -0.25) is 14.8 Å². The normalized spacial score (nSPS) is 11.7. The summed E-state index contributed by atoms with van der Waals surface area (Å²) in [6.07, 6.45) is 4.79. The summed E-state index contributed by atoms with van der Waals surface area (Å²) < 4.78 is 0. The molecule has 2 aromatic heterocycles. The van der Waals surface area contributed by atoms with Crippen LogP contribution in [0.2, 0.25) is 0 Å². The molecule has 0 bridgehead atoms. The zero-order valence-electron chi connectivity index (χ0n) is 17.6. The lowest BCUT2D eigenvalue weighted by molar-refractivity contribution is -0.115. The van der Waals surface area contributed by atoms with Gasteiger partial charge in [0, 0.05) is 29.3 Å². The van der Waals surface area contributed by atoms with E-state index in [1.54, 1.807) is 12.4 Å². The summed E-state index contributed by atoms with van der Waals surface area (Å²) in [6, 6.07) is 20.7. The number of anilines is 1. The van der Waals surface area contributed by atoms with Crippen molar-refractivity contribution < 1.29 is 4.79 Å². The van der Waals surface area contributed by atoms with Crippen molar-refractivity contribution in [1.29, 1.82) is 0 Å². The van der Waals surface area contributed by atoms with Crippen molar-refractivity contribution >= 4 is 11.6 Å². The van der Waals surface area contributed by atoms with E-state index in [9.17, 15) is 4.79 Å². The summed E-state index contributed by atoms with van der Waals surface area (Å²) in [5.74, 6) is -0.0378. The number of hydrogen-bond acceptors (Lipinski definition) is 3. The first-order chi connectivity index (χ1) is 15.1. The van der Waals surface area contributed by atoms with Crippen molar-refractivity contribution in [2.24, 2.45) is 0 Å². The number of hydrogen-bond donors (Lipinski definition) is 1. The van der Waals surface area contributed by atoms with Gasteiger partial charge >= 0.3 is 0 Å². The fourth-order valence-corrected chi connectivity index (χ4v) is 4.34. The molecule has 2 aromatic carbocycles. The van der Waals surface area contributed by atoms with Gasteiger partial charge in [-0.05, 0) is 77.9 Å². The summed E-state index contributed by atoms with van der Waals surface area (Å²) in [5.41, 5.74) is 10.9. The molecule has 4 aromatic rings. The molecule has 4 heteroatoms. The van der Waals surface area contributed by atoms with E-state index >= 15 is 0 Å². The van der Waals surface area contributed by atoms with E-state index in [0.717, 1.165) is 40.2 Å². The number of fused-ring (bicyclic) bond motifs is 3. The van der Waals surface area contributed by atoms with Gasteiger partial charge in [0.2, 0.25) is 5.91 Å². The first kappa shape index (κ1) is 19.2. The Morgan fingerprint density at radius 2 is 1.77 bits per heavy atom. The second kappa shape index (κ2) is 7.80. The number of nitrogens with one attached hydrogen (secondary N) is 1. The fraction of sp³-hybridized carbons (Fsp3) is 0.148. The second-order valence-corrected chi connectivity index (χ2v) is 8.13. The SMILES string of the molecule is Cc1cc(-c2ncc(CC(=O)Nc3ccc4c(c3)Cc3ccccc3-4)cc2C)ccn1. The summed E-state index contributed by atoms with van der Waals surface area (Å²) in [7, 11) is 0. The Hall–Kier alpha value is -3.79. The van der Waals surface area contributed by atoms with Gasteiger partial charge in [-0.25, -0.2) is 0 Å². The lowest BCUT2D eigenvalue weighted by Crippen LogP contribution is -2.15. The maximum absolute atomic E-state index is 12.7. The number of benzene rings is 2. The predicted octanol–water partition coefficient (Wildman–Crippen LogP) is 5.51. The van der Waals surface area contributed by atoms with Crippen LogP contribution in [0.1, 0.15) is 27.9 Å². The summed E-state index contributed by atoms with van der Waals surface area (Å²) in [4.78, 5) is 21.5. The number of amides is 1. The average molecular weight is 406 g/mol. The number of aromatic nitrogens is 2. The molecule has 0 aliphatic heterocycles. The molecule has 5 rings (SSSR count). The molecule has 1 aliphatic carbocycles. The van der Waals surface area contributed by atoms with Crippen molar-refractivity contribution in [1.82, 2.24) is 9.97 Å². The van der Waals surface area contributed by atoms with Crippen LogP contribution in [0, 0.1) is 13.8 Å². The van der Waals surface area contributed by atoms with Crippen molar-refractivity contribution in [2.45, 2.75) is 26.7 Å². The van der Waals surface area contributed by atoms with Gasteiger partial charge in [-0.15, -0.1) is 0 Å². The van der Waals surface area contributed by atoms with Gasteiger partial charge in [0.1, 0.15) is 0 Å². The van der Waals surface area contributed by atoms with Crippen molar-refractivity contribution in [3.05, 3.63) is 101 Å². The Morgan fingerprint density at radius 1 is 0.935 bits per heavy atom. The molecule has 2 heterocycles. The van der Waals surface area contributed by atoms with Crippen LogP contribution in [0.5, 0.6) is 0 Å². The van der Waals surface area contributed by atoms with Crippen LogP contribution in [0.15, 0.2) is 73.1 Å². The van der Waals surface area contributed by atoms with E-state index in [2.05, 4.69) is 51.7 Å². The first-order valence-electron chi connectivity index (χ1n) is 10.5. The van der Waals surface area contributed by atoms with E-state index in [1.807, 2.05) is 38.1 Å². The van der Waals surface area contributed by atoms with Gasteiger partial charge < -0.3 is 5.32 Å². The summed E-state index contributed by atoms with van der Waals surface area (Å²) in [5, 5.41) is 3.05. The highest BCUT2D eigenvalue weighted by Crippen LogP contribution is 2.37. The molecule has 4 nitrogen and oxygen atoms in total. The monoisotopic (exact) mass is 405 g/mol. The number of nitrogens with zero attached hydrogens (tertiary/aromatic N) is 2. The largest absolute Gasteiger partial charge is 0.326 e. The molecular formula is C27H23N3O. The van der Waals surface area contributed by atoms with Gasteiger partial charge in [0.25, 0.3) is 0 Å². The molecule has 0 unspecified atom stereocenters. The molecule has 1 aliphatic rings. The van der Waals surface area contributed by atoms with Gasteiger partial charge in [0.05, 0.1) is 12.1 Å². The molecule has 0 radical (unpaired) electrons. The van der Waals surface area contributed by atoms with Crippen LogP contribution in [0.4, 0.5) is 5.69 Å². The molecule has 152 valence electrons. The van der Waals surface area contributed by atoms with E-state index < -0.39 is 0 Å².